The van der Waals surface area contributed by atoms with Crippen molar-refractivity contribution in [2.24, 2.45) is 0 Å². The standard InChI is InChI=1S/C13H22N2O4/c16-12(9-19-10-13(17)18)15-7-3-11(4-8-15)14-5-1-2-6-14/h11H,1-10H2,(H,17,18). The molecule has 19 heavy (non-hydrogen) atoms. The molecule has 2 saturated heterocycles. The Bertz CT molecular complexity index is 321. The minimum atomic E-state index is -1.04. The van der Waals surface area contributed by atoms with Gasteiger partial charge in [-0.2, -0.15) is 0 Å². The number of hydrogen-bond acceptors (Lipinski definition) is 4. The molecule has 0 aromatic heterocycles. The Balaban J connectivity index is 1.67. The van der Waals surface area contributed by atoms with Crippen molar-refractivity contribution in [3.8, 4) is 0 Å². The Labute approximate surface area is 113 Å². The highest BCUT2D eigenvalue weighted by atomic mass is 16.5. The molecule has 0 saturated carbocycles. The molecule has 1 amide bonds. The summed E-state index contributed by atoms with van der Waals surface area (Å²) < 4.78 is 4.84. The first-order chi connectivity index (χ1) is 9.16. The van der Waals surface area contributed by atoms with Gasteiger partial charge in [-0.25, -0.2) is 4.79 Å². The third kappa shape index (κ3) is 4.18. The lowest BCUT2D eigenvalue weighted by molar-refractivity contribution is -0.146. The second-order valence-electron chi connectivity index (χ2n) is 5.24. The minimum absolute atomic E-state index is 0.0962. The molecule has 2 aliphatic heterocycles. The van der Waals surface area contributed by atoms with Gasteiger partial charge in [0.1, 0.15) is 13.2 Å². The number of carbonyl (C=O) groups excluding carboxylic acids is 1. The summed E-state index contributed by atoms with van der Waals surface area (Å²) >= 11 is 0. The summed E-state index contributed by atoms with van der Waals surface area (Å²) in [6.07, 6.45) is 4.62. The number of rotatable bonds is 5. The molecule has 6 heteroatoms. The fourth-order valence-corrected chi connectivity index (χ4v) is 2.90. The Hall–Kier alpha value is -1.14. The minimum Gasteiger partial charge on any atom is -0.480 e. The zero-order valence-corrected chi connectivity index (χ0v) is 11.2. The SMILES string of the molecule is O=C(O)COCC(=O)N1CCC(N2CCCC2)CC1. The monoisotopic (exact) mass is 270 g/mol. The van der Waals surface area contributed by atoms with Crippen LogP contribution in [0.3, 0.4) is 0 Å². The summed E-state index contributed by atoms with van der Waals surface area (Å²) in [6.45, 7) is 3.38. The van der Waals surface area contributed by atoms with Crippen LogP contribution in [0.5, 0.6) is 0 Å². The topological polar surface area (TPSA) is 70.1 Å². The van der Waals surface area contributed by atoms with E-state index < -0.39 is 12.6 Å². The quantitative estimate of drug-likeness (QED) is 0.771. The van der Waals surface area contributed by atoms with Crippen molar-refractivity contribution < 1.29 is 19.4 Å². The van der Waals surface area contributed by atoms with E-state index in [2.05, 4.69) is 4.90 Å². The first kappa shape index (κ1) is 14.3. The summed E-state index contributed by atoms with van der Waals surface area (Å²) in [5, 5.41) is 8.44. The number of carboxylic acids is 1. The van der Waals surface area contributed by atoms with Gasteiger partial charge in [0.25, 0.3) is 0 Å². The van der Waals surface area contributed by atoms with Crippen molar-refractivity contribution in [3.05, 3.63) is 0 Å². The van der Waals surface area contributed by atoms with Crippen LogP contribution in [0.1, 0.15) is 25.7 Å². The Morgan fingerprint density at radius 2 is 1.68 bits per heavy atom. The molecule has 0 spiro atoms. The lowest BCUT2D eigenvalue weighted by Crippen LogP contribution is -2.46. The van der Waals surface area contributed by atoms with E-state index in [-0.39, 0.29) is 12.5 Å². The fourth-order valence-electron chi connectivity index (χ4n) is 2.90. The third-order valence-corrected chi connectivity index (χ3v) is 3.93. The predicted molar refractivity (Wildman–Crippen MR) is 68.9 cm³/mol. The highest BCUT2D eigenvalue weighted by molar-refractivity contribution is 5.78. The van der Waals surface area contributed by atoms with Gasteiger partial charge in [-0.1, -0.05) is 0 Å². The summed E-state index contributed by atoms with van der Waals surface area (Å²) in [6, 6.07) is 0.617. The second-order valence-corrected chi connectivity index (χ2v) is 5.24. The average Bonchev–Trinajstić information content (AvgIpc) is 2.92. The molecule has 0 bridgehead atoms. The molecule has 1 N–H and O–H groups in total. The zero-order valence-electron chi connectivity index (χ0n) is 11.2. The van der Waals surface area contributed by atoms with Crippen molar-refractivity contribution in [2.45, 2.75) is 31.7 Å². The van der Waals surface area contributed by atoms with Crippen molar-refractivity contribution >= 4 is 11.9 Å². The normalized spacial score (nSPS) is 21.8. The van der Waals surface area contributed by atoms with Gasteiger partial charge in [0, 0.05) is 19.1 Å². The number of carboxylic acid groups (broad SMARTS) is 1. The van der Waals surface area contributed by atoms with Gasteiger partial charge < -0.3 is 19.6 Å². The van der Waals surface area contributed by atoms with E-state index in [1.165, 1.54) is 25.9 Å². The van der Waals surface area contributed by atoms with Gasteiger partial charge in [0.15, 0.2) is 0 Å². The Kier molecular flexibility index (Phi) is 5.15. The van der Waals surface area contributed by atoms with Crippen molar-refractivity contribution in [1.29, 1.82) is 0 Å². The molecule has 108 valence electrons. The summed E-state index contributed by atoms with van der Waals surface area (Å²) in [7, 11) is 0. The van der Waals surface area contributed by atoms with E-state index in [4.69, 9.17) is 9.84 Å². The predicted octanol–water partition coefficient (Wildman–Crippen LogP) is 0.174. The molecular formula is C13H22N2O4. The largest absolute Gasteiger partial charge is 0.480 e. The average molecular weight is 270 g/mol. The Morgan fingerprint density at radius 1 is 1.05 bits per heavy atom. The third-order valence-electron chi connectivity index (χ3n) is 3.93. The van der Waals surface area contributed by atoms with Gasteiger partial charge in [-0.3, -0.25) is 4.79 Å². The number of hydrogen-bond donors (Lipinski definition) is 1. The highest BCUT2D eigenvalue weighted by Crippen LogP contribution is 2.20. The molecule has 2 heterocycles. The molecule has 0 aromatic rings. The molecule has 0 aliphatic carbocycles. The molecule has 2 rings (SSSR count). The van der Waals surface area contributed by atoms with Crippen LogP contribution in [-0.2, 0) is 14.3 Å². The van der Waals surface area contributed by atoms with Crippen LogP contribution >= 0.6 is 0 Å². The van der Waals surface area contributed by atoms with Gasteiger partial charge in [0.2, 0.25) is 5.91 Å². The molecule has 0 aromatic carbocycles. The molecule has 2 aliphatic rings. The smallest absolute Gasteiger partial charge is 0.329 e. The van der Waals surface area contributed by atoms with E-state index in [0.717, 1.165) is 25.9 Å². The number of carbonyl (C=O) groups is 2. The van der Waals surface area contributed by atoms with Crippen molar-refractivity contribution in [3.63, 3.8) is 0 Å². The van der Waals surface area contributed by atoms with Crippen LogP contribution in [0, 0.1) is 0 Å². The molecule has 2 fully saturated rings. The fraction of sp³-hybridized carbons (Fsp3) is 0.846. The van der Waals surface area contributed by atoms with Crippen LogP contribution in [0.25, 0.3) is 0 Å². The van der Waals surface area contributed by atoms with Crippen LogP contribution in [0.4, 0.5) is 0 Å². The maximum absolute atomic E-state index is 11.8. The van der Waals surface area contributed by atoms with E-state index >= 15 is 0 Å². The first-order valence-corrected chi connectivity index (χ1v) is 6.98. The van der Waals surface area contributed by atoms with Gasteiger partial charge in [-0.15, -0.1) is 0 Å². The molecule has 6 nitrogen and oxygen atoms in total. The van der Waals surface area contributed by atoms with Gasteiger partial charge in [-0.05, 0) is 38.8 Å². The maximum atomic E-state index is 11.8. The highest BCUT2D eigenvalue weighted by Gasteiger charge is 2.28. The second kappa shape index (κ2) is 6.86. The lowest BCUT2D eigenvalue weighted by Gasteiger charge is -2.36. The maximum Gasteiger partial charge on any atom is 0.329 e. The first-order valence-electron chi connectivity index (χ1n) is 6.98. The van der Waals surface area contributed by atoms with Crippen LogP contribution in [0.2, 0.25) is 0 Å². The number of likely N-dealkylation sites (tertiary alicyclic amines) is 2. The van der Waals surface area contributed by atoms with Crippen LogP contribution in [-0.4, -0.2) is 72.2 Å². The van der Waals surface area contributed by atoms with E-state index in [1.54, 1.807) is 4.90 Å². The van der Waals surface area contributed by atoms with E-state index in [0.29, 0.717) is 6.04 Å². The lowest BCUT2D eigenvalue weighted by atomic mass is 10.0. The molecular weight excluding hydrogens is 248 g/mol. The van der Waals surface area contributed by atoms with E-state index in [9.17, 15) is 9.59 Å². The molecule has 0 atom stereocenters. The zero-order chi connectivity index (χ0) is 13.7. The number of piperidine rings is 1. The number of aliphatic carboxylic acids is 1. The number of nitrogens with zero attached hydrogens (tertiary/aromatic N) is 2. The summed E-state index contributed by atoms with van der Waals surface area (Å²) in [4.78, 5) is 26.4. The van der Waals surface area contributed by atoms with Gasteiger partial charge >= 0.3 is 5.97 Å². The Morgan fingerprint density at radius 3 is 2.26 bits per heavy atom. The van der Waals surface area contributed by atoms with Crippen molar-refractivity contribution in [1.82, 2.24) is 9.80 Å². The van der Waals surface area contributed by atoms with E-state index in [1.807, 2.05) is 0 Å². The molecule has 0 unspecified atom stereocenters. The van der Waals surface area contributed by atoms with Crippen LogP contribution in [0.15, 0.2) is 0 Å². The summed E-state index contributed by atoms with van der Waals surface area (Å²) in [5.41, 5.74) is 0. The number of amides is 1. The van der Waals surface area contributed by atoms with Gasteiger partial charge in [0.05, 0.1) is 0 Å². The van der Waals surface area contributed by atoms with Crippen LogP contribution < -0.4 is 0 Å². The van der Waals surface area contributed by atoms with Crippen molar-refractivity contribution in [2.75, 3.05) is 39.4 Å². The summed E-state index contributed by atoms with van der Waals surface area (Å²) in [5.74, 6) is -1.14. The number of ether oxygens (including phenoxy) is 1. The molecule has 0 radical (unpaired) electrons.